The maximum atomic E-state index is 5.94. The molecule has 4 N–H and O–H groups in total. The van der Waals surface area contributed by atoms with Crippen molar-refractivity contribution in [1.82, 2.24) is 29.7 Å². The summed E-state index contributed by atoms with van der Waals surface area (Å²) in [5, 5.41) is 9.09. The van der Waals surface area contributed by atoms with Crippen molar-refractivity contribution < 1.29 is 0 Å². The summed E-state index contributed by atoms with van der Waals surface area (Å²) < 4.78 is 2.31. The first-order chi connectivity index (χ1) is 17.2. The first kappa shape index (κ1) is 23.7. The van der Waals surface area contributed by atoms with Gasteiger partial charge >= 0.3 is 0 Å². The zero-order chi connectivity index (χ0) is 24.0. The Hall–Kier alpha value is -3.08. The number of rotatable bonds is 8. The van der Waals surface area contributed by atoms with Gasteiger partial charge in [-0.05, 0) is 73.7 Å². The summed E-state index contributed by atoms with van der Waals surface area (Å²) >= 11 is 7.18. The highest BCUT2D eigenvalue weighted by Crippen LogP contribution is 2.25. The van der Waals surface area contributed by atoms with Crippen LogP contribution in [0, 0.1) is 5.92 Å². The average molecular weight is 507 g/mol. The highest BCUT2D eigenvalue weighted by atomic mass is 32.1. The first-order valence-electron chi connectivity index (χ1n) is 11.9. The van der Waals surface area contributed by atoms with Crippen LogP contribution in [0.3, 0.4) is 0 Å². The monoisotopic (exact) mass is 506 g/mol. The average Bonchev–Trinajstić information content (AvgIpc) is 3.50. The van der Waals surface area contributed by atoms with E-state index in [-0.39, 0.29) is 0 Å². The molecule has 0 atom stereocenters. The molecule has 10 heteroatoms. The lowest BCUT2D eigenvalue weighted by Crippen LogP contribution is -2.41. The van der Waals surface area contributed by atoms with E-state index in [1.165, 1.54) is 17.7 Å². The highest BCUT2D eigenvalue weighted by Gasteiger charge is 2.22. The van der Waals surface area contributed by atoms with Crippen molar-refractivity contribution >= 4 is 51.2 Å². The molecule has 5 rings (SSSR count). The lowest BCUT2D eigenvalue weighted by molar-refractivity contribution is 0.185. The Morgan fingerprint density at radius 3 is 2.86 bits per heavy atom. The molecule has 8 nitrogen and oxygen atoms in total. The van der Waals surface area contributed by atoms with Gasteiger partial charge in [0.05, 0.1) is 24.1 Å². The summed E-state index contributed by atoms with van der Waals surface area (Å²) in [6.07, 6.45) is 8.54. The number of imidazole rings is 1. The first-order valence-corrected chi connectivity index (χ1v) is 13.2. The van der Waals surface area contributed by atoms with Gasteiger partial charge in [-0.15, -0.1) is 11.3 Å². The minimum atomic E-state index is 0.567. The Kier molecular flexibility index (Phi) is 7.51. The van der Waals surface area contributed by atoms with E-state index in [1.807, 2.05) is 12.3 Å². The number of nitrogens with two attached hydrogens (primary N) is 1. The van der Waals surface area contributed by atoms with Crippen molar-refractivity contribution in [3.05, 3.63) is 65.0 Å². The van der Waals surface area contributed by atoms with Crippen molar-refractivity contribution in [3.8, 4) is 0 Å². The largest absolute Gasteiger partial charge is 0.397 e. The number of hydrogen-bond acceptors (Lipinski definition) is 7. The predicted molar refractivity (Wildman–Crippen MR) is 147 cm³/mol. The van der Waals surface area contributed by atoms with Crippen LogP contribution in [-0.2, 0) is 13.0 Å². The number of nitrogens with one attached hydrogen (secondary N) is 2. The van der Waals surface area contributed by atoms with Gasteiger partial charge < -0.3 is 25.8 Å². The number of nitrogens with zero attached hydrogens (tertiary/aromatic N) is 5. The minimum Gasteiger partial charge on any atom is -0.397 e. The molecule has 1 fully saturated rings. The molecule has 0 spiro atoms. The topological polar surface area (TPSA) is 96.9 Å². The number of nitrogen functional groups attached to an aromatic ring is 1. The summed E-state index contributed by atoms with van der Waals surface area (Å²) in [4.78, 5) is 17.5. The van der Waals surface area contributed by atoms with E-state index in [9.17, 15) is 0 Å². The minimum absolute atomic E-state index is 0.567. The van der Waals surface area contributed by atoms with Crippen LogP contribution in [0.2, 0.25) is 0 Å². The van der Waals surface area contributed by atoms with Gasteiger partial charge in [0.1, 0.15) is 11.3 Å². The van der Waals surface area contributed by atoms with E-state index < -0.39 is 0 Å². The Morgan fingerprint density at radius 2 is 2.06 bits per heavy atom. The van der Waals surface area contributed by atoms with E-state index >= 15 is 0 Å². The maximum Gasteiger partial charge on any atom is 0.170 e. The van der Waals surface area contributed by atoms with Gasteiger partial charge in [-0.3, -0.25) is 4.98 Å². The van der Waals surface area contributed by atoms with E-state index in [0.717, 1.165) is 61.8 Å². The predicted octanol–water partition coefficient (Wildman–Crippen LogP) is 3.76. The van der Waals surface area contributed by atoms with Gasteiger partial charge in [0, 0.05) is 36.8 Å². The second-order valence-electron chi connectivity index (χ2n) is 8.87. The van der Waals surface area contributed by atoms with Crippen LogP contribution in [0.4, 0.5) is 11.4 Å². The van der Waals surface area contributed by atoms with Crippen LogP contribution in [-0.4, -0.2) is 55.7 Å². The SMILES string of the molecule is Nc1ccncc1NC(=S)NCCN1CCC(Cc2nc3cccnc3n2Cc2cccs2)CC1. The third kappa shape index (κ3) is 5.95. The molecule has 4 aromatic rings. The van der Waals surface area contributed by atoms with E-state index in [2.05, 4.69) is 53.6 Å². The van der Waals surface area contributed by atoms with Gasteiger partial charge in [0.25, 0.3) is 0 Å². The molecule has 0 aromatic carbocycles. The molecule has 0 amide bonds. The maximum absolute atomic E-state index is 5.94. The molecule has 1 aliphatic rings. The van der Waals surface area contributed by atoms with E-state index in [4.69, 9.17) is 22.9 Å². The second-order valence-corrected chi connectivity index (χ2v) is 10.3. The summed E-state index contributed by atoms with van der Waals surface area (Å²) in [6, 6.07) is 10.1. The number of anilines is 2. The van der Waals surface area contributed by atoms with Crippen LogP contribution < -0.4 is 16.4 Å². The number of hydrogen-bond donors (Lipinski definition) is 3. The molecule has 0 aliphatic carbocycles. The van der Waals surface area contributed by atoms with Crippen LogP contribution in [0.1, 0.15) is 23.5 Å². The Bertz CT molecular complexity index is 1260. The Labute approximate surface area is 214 Å². The lowest BCUT2D eigenvalue weighted by atomic mass is 9.93. The van der Waals surface area contributed by atoms with Crippen LogP contribution in [0.25, 0.3) is 11.2 Å². The molecule has 4 aromatic heterocycles. The van der Waals surface area contributed by atoms with Crippen molar-refractivity contribution in [3.63, 3.8) is 0 Å². The second kappa shape index (κ2) is 11.1. The molecular weight excluding hydrogens is 476 g/mol. The fourth-order valence-electron chi connectivity index (χ4n) is 4.56. The molecule has 0 radical (unpaired) electrons. The fourth-order valence-corrected chi connectivity index (χ4v) is 5.47. The molecule has 0 bridgehead atoms. The van der Waals surface area contributed by atoms with E-state index in [1.54, 1.807) is 29.8 Å². The zero-order valence-corrected chi connectivity index (χ0v) is 21.2. The third-order valence-corrected chi connectivity index (χ3v) is 7.58. The molecule has 1 aliphatic heterocycles. The highest BCUT2D eigenvalue weighted by molar-refractivity contribution is 7.80. The van der Waals surface area contributed by atoms with Crippen LogP contribution >= 0.6 is 23.6 Å². The number of fused-ring (bicyclic) bond motifs is 1. The number of piperidine rings is 1. The summed E-state index contributed by atoms with van der Waals surface area (Å²) in [5.74, 6) is 1.78. The van der Waals surface area contributed by atoms with Crippen molar-refractivity contribution in [1.29, 1.82) is 0 Å². The standard InChI is InChI=1S/C25H30N8S2/c26-20-5-9-27-16-22(20)31-25(34)29-10-13-32-11-6-18(7-12-32)15-23-30-21-4-1-8-28-24(21)33(23)17-19-3-2-14-35-19/h1-5,8-9,14,16,18H,6-7,10-13,15,17H2,(H2,26,27)(H2,29,31,34). The lowest BCUT2D eigenvalue weighted by Gasteiger charge is -2.32. The normalized spacial score (nSPS) is 14.9. The quantitative estimate of drug-likeness (QED) is 0.311. The summed E-state index contributed by atoms with van der Waals surface area (Å²) in [6.45, 7) is 4.76. The fraction of sp³-hybridized carbons (Fsp3) is 0.360. The van der Waals surface area contributed by atoms with Gasteiger partial charge in [0.15, 0.2) is 10.8 Å². The number of thiocarbonyl (C=S) groups is 1. The van der Waals surface area contributed by atoms with E-state index in [0.29, 0.717) is 16.7 Å². The zero-order valence-electron chi connectivity index (χ0n) is 19.6. The van der Waals surface area contributed by atoms with Gasteiger partial charge in [-0.1, -0.05) is 6.07 Å². The molecular formula is C25H30N8S2. The summed E-state index contributed by atoms with van der Waals surface area (Å²) in [5.41, 5.74) is 9.27. The smallest absolute Gasteiger partial charge is 0.170 e. The molecule has 182 valence electrons. The van der Waals surface area contributed by atoms with Crippen molar-refractivity contribution in [2.45, 2.75) is 25.8 Å². The van der Waals surface area contributed by atoms with Gasteiger partial charge in [0.2, 0.25) is 0 Å². The Balaban J connectivity index is 1.11. The summed E-state index contributed by atoms with van der Waals surface area (Å²) in [7, 11) is 0. The van der Waals surface area contributed by atoms with Gasteiger partial charge in [-0.2, -0.15) is 0 Å². The number of aromatic nitrogens is 4. The molecule has 35 heavy (non-hydrogen) atoms. The Morgan fingerprint density at radius 1 is 1.17 bits per heavy atom. The molecule has 5 heterocycles. The molecule has 1 saturated heterocycles. The third-order valence-electron chi connectivity index (χ3n) is 6.47. The van der Waals surface area contributed by atoms with Crippen LogP contribution in [0.5, 0.6) is 0 Å². The number of pyridine rings is 2. The van der Waals surface area contributed by atoms with Gasteiger partial charge in [-0.25, -0.2) is 9.97 Å². The molecule has 0 saturated carbocycles. The molecule has 0 unspecified atom stereocenters. The number of likely N-dealkylation sites (tertiary alicyclic amines) is 1. The van der Waals surface area contributed by atoms with Crippen molar-refractivity contribution in [2.24, 2.45) is 5.92 Å². The van der Waals surface area contributed by atoms with Crippen molar-refractivity contribution in [2.75, 3.05) is 37.2 Å². The number of thiophene rings is 1. The van der Waals surface area contributed by atoms with Crippen LogP contribution in [0.15, 0.2) is 54.3 Å².